The normalized spacial score (nSPS) is 23.3. The zero-order chi connectivity index (χ0) is 21.0. The monoisotopic (exact) mass is 409 g/mol. The van der Waals surface area contributed by atoms with E-state index < -0.39 is 0 Å². The van der Waals surface area contributed by atoms with Gasteiger partial charge in [-0.2, -0.15) is 0 Å². The maximum Gasteiger partial charge on any atom is 0.216 e. The summed E-state index contributed by atoms with van der Waals surface area (Å²) in [5, 5.41) is 5.12. The van der Waals surface area contributed by atoms with E-state index >= 15 is 0 Å². The SMILES string of the molecule is Cc1c2cc[n+](C)c2c(C)c2c1oc1cc(C3CC4CCC3C4)cc3ccn(C)c2c31. The molecule has 0 aliphatic heterocycles. The van der Waals surface area contributed by atoms with Crippen molar-refractivity contribution in [2.75, 3.05) is 0 Å². The Hall–Kier alpha value is -2.81. The molecule has 2 aliphatic rings. The van der Waals surface area contributed by atoms with Gasteiger partial charge in [0.25, 0.3) is 0 Å². The molecule has 2 fully saturated rings. The van der Waals surface area contributed by atoms with Gasteiger partial charge in [-0.1, -0.05) is 12.5 Å². The molecule has 2 aliphatic carbocycles. The van der Waals surface area contributed by atoms with Crippen LogP contribution in [-0.2, 0) is 14.1 Å². The van der Waals surface area contributed by atoms with Crippen LogP contribution in [0.3, 0.4) is 0 Å². The average molecular weight is 410 g/mol. The van der Waals surface area contributed by atoms with Gasteiger partial charge in [0.05, 0.1) is 16.3 Å². The first-order valence-corrected chi connectivity index (χ1v) is 11.7. The van der Waals surface area contributed by atoms with Gasteiger partial charge >= 0.3 is 0 Å². The number of rotatable bonds is 1. The van der Waals surface area contributed by atoms with Crippen molar-refractivity contribution >= 4 is 43.7 Å². The van der Waals surface area contributed by atoms with Crippen LogP contribution < -0.4 is 4.57 Å². The summed E-state index contributed by atoms with van der Waals surface area (Å²) in [4.78, 5) is 0. The molecule has 3 atom stereocenters. The fourth-order valence-electron chi connectivity index (χ4n) is 7.16. The molecule has 0 N–H and O–H groups in total. The van der Waals surface area contributed by atoms with E-state index in [0.29, 0.717) is 5.92 Å². The Morgan fingerprint density at radius 2 is 1.90 bits per heavy atom. The third-order valence-electron chi connectivity index (χ3n) is 8.61. The maximum atomic E-state index is 6.79. The largest absolute Gasteiger partial charge is 0.456 e. The molecule has 2 bridgehead atoms. The lowest BCUT2D eigenvalue weighted by molar-refractivity contribution is -0.642. The Bertz CT molecular complexity index is 1550. The van der Waals surface area contributed by atoms with Crippen LogP contribution in [0.15, 0.2) is 41.1 Å². The van der Waals surface area contributed by atoms with Crippen LogP contribution in [-0.4, -0.2) is 4.57 Å². The van der Waals surface area contributed by atoms with E-state index in [9.17, 15) is 0 Å². The zero-order valence-electron chi connectivity index (χ0n) is 18.8. The second-order valence-electron chi connectivity index (χ2n) is 10.3. The highest BCUT2D eigenvalue weighted by Gasteiger charge is 2.40. The highest BCUT2D eigenvalue weighted by atomic mass is 16.3. The number of nitrogens with zero attached hydrogens (tertiary/aromatic N) is 2. The Labute approximate surface area is 182 Å². The van der Waals surface area contributed by atoms with Crippen LogP contribution in [0.5, 0.6) is 0 Å². The van der Waals surface area contributed by atoms with Crippen LogP contribution in [0.1, 0.15) is 48.3 Å². The van der Waals surface area contributed by atoms with Gasteiger partial charge in [-0.25, -0.2) is 4.57 Å². The molecule has 3 unspecified atom stereocenters. The van der Waals surface area contributed by atoms with E-state index in [2.05, 4.69) is 73.7 Å². The Morgan fingerprint density at radius 3 is 2.68 bits per heavy atom. The van der Waals surface area contributed by atoms with Gasteiger partial charge in [0, 0.05) is 35.8 Å². The third-order valence-corrected chi connectivity index (χ3v) is 8.61. The van der Waals surface area contributed by atoms with Gasteiger partial charge < -0.3 is 8.98 Å². The number of aryl methyl sites for hydroxylation is 4. The summed E-state index contributed by atoms with van der Waals surface area (Å²) in [7, 11) is 4.31. The van der Waals surface area contributed by atoms with Crippen molar-refractivity contribution in [3.8, 4) is 0 Å². The number of hydrogen-bond acceptors (Lipinski definition) is 1. The second kappa shape index (κ2) is 5.91. The molecular weight excluding hydrogens is 380 g/mol. The fraction of sp³-hybridized carbons (Fsp3) is 0.393. The molecule has 3 aromatic heterocycles. The van der Waals surface area contributed by atoms with Crippen molar-refractivity contribution in [1.82, 2.24) is 4.57 Å². The van der Waals surface area contributed by atoms with E-state index in [0.717, 1.165) is 23.0 Å². The molecule has 31 heavy (non-hydrogen) atoms. The van der Waals surface area contributed by atoms with Crippen LogP contribution in [0, 0.1) is 25.7 Å². The molecule has 5 aromatic rings. The van der Waals surface area contributed by atoms with Gasteiger partial charge in [0.2, 0.25) is 5.52 Å². The number of hydrogen-bond donors (Lipinski definition) is 0. The second-order valence-corrected chi connectivity index (χ2v) is 10.3. The Morgan fingerprint density at radius 1 is 1.03 bits per heavy atom. The molecule has 156 valence electrons. The topological polar surface area (TPSA) is 21.9 Å². The summed E-state index contributed by atoms with van der Waals surface area (Å²) in [6.45, 7) is 4.46. The number of aromatic nitrogens is 2. The molecule has 7 rings (SSSR count). The number of fused-ring (bicyclic) bond motifs is 5. The molecule has 2 aromatic carbocycles. The summed E-state index contributed by atoms with van der Waals surface area (Å²) in [5.74, 6) is 2.53. The van der Waals surface area contributed by atoms with Crippen LogP contribution >= 0.6 is 0 Å². The molecule has 0 radical (unpaired) electrons. The quantitative estimate of drug-likeness (QED) is 0.174. The van der Waals surface area contributed by atoms with Crippen molar-refractivity contribution in [3.05, 3.63) is 53.3 Å². The predicted octanol–water partition coefficient (Wildman–Crippen LogP) is 6.58. The van der Waals surface area contributed by atoms with Gasteiger partial charge in [-0.3, -0.25) is 0 Å². The first-order chi connectivity index (χ1) is 15.0. The summed E-state index contributed by atoms with van der Waals surface area (Å²) in [5.41, 5.74) is 8.71. The molecule has 0 saturated heterocycles. The summed E-state index contributed by atoms with van der Waals surface area (Å²) in [6.07, 6.45) is 10.0. The lowest BCUT2D eigenvalue weighted by Gasteiger charge is -2.23. The first-order valence-electron chi connectivity index (χ1n) is 11.7. The van der Waals surface area contributed by atoms with Crippen molar-refractivity contribution in [2.45, 2.75) is 45.4 Å². The molecule has 3 heteroatoms. The summed E-state index contributed by atoms with van der Waals surface area (Å²) >= 11 is 0. The van der Waals surface area contributed by atoms with Gasteiger partial charge in [-0.05, 0) is 73.9 Å². The minimum Gasteiger partial charge on any atom is -0.456 e. The Kier molecular flexibility index (Phi) is 3.40. The lowest BCUT2D eigenvalue weighted by atomic mass is 9.82. The first kappa shape index (κ1) is 17.8. The van der Waals surface area contributed by atoms with E-state index in [1.807, 2.05) is 0 Å². The minimum absolute atomic E-state index is 0.709. The molecule has 0 amide bonds. The lowest BCUT2D eigenvalue weighted by Crippen LogP contribution is -2.25. The van der Waals surface area contributed by atoms with Crippen LogP contribution in [0.2, 0.25) is 0 Å². The van der Waals surface area contributed by atoms with E-state index in [-0.39, 0.29) is 0 Å². The Balaban J connectivity index is 1.63. The zero-order valence-corrected chi connectivity index (χ0v) is 18.8. The van der Waals surface area contributed by atoms with E-state index in [1.165, 1.54) is 75.0 Å². The molecular formula is C28H29N2O+. The number of benzene rings is 2. The molecule has 3 heterocycles. The van der Waals surface area contributed by atoms with Gasteiger partial charge in [0.15, 0.2) is 6.20 Å². The smallest absolute Gasteiger partial charge is 0.216 e. The average Bonchev–Trinajstić information content (AvgIpc) is 3.49. The molecule has 0 spiro atoms. The van der Waals surface area contributed by atoms with Gasteiger partial charge in [0.1, 0.15) is 18.2 Å². The summed E-state index contributed by atoms with van der Waals surface area (Å²) in [6, 6.07) is 9.34. The number of pyridine rings is 1. The highest BCUT2D eigenvalue weighted by Crippen LogP contribution is 2.53. The van der Waals surface area contributed by atoms with Crippen molar-refractivity contribution in [2.24, 2.45) is 25.9 Å². The van der Waals surface area contributed by atoms with Crippen LogP contribution in [0.25, 0.3) is 43.7 Å². The van der Waals surface area contributed by atoms with Crippen LogP contribution in [0.4, 0.5) is 0 Å². The predicted molar refractivity (Wildman–Crippen MR) is 127 cm³/mol. The standard InChI is InChI=1S/C28H29N2O/c1-15-21-8-10-29(3)26(21)16(2)24-27-25-19(7-9-30(27)4)13-20(14-23(25)31-28(15)24)22-12-17-5-6-18(22)11-17/h7-10,13-14,17-18,22H,5-6,11-12H2,1-4H3/q+1. The van der Waals surface area contributed by atoms with Crippen molar-refractivity contribution < 1.29 is 8.98 Å². The van der Waals surface area contributed by atoms with E-state index in [1.54, 1.807) is 0 Å². The fourth-order valence-corrected chi connectivity index (χ4v) is 7.16. The van der Waals surface area contributed by atoms with Gasteiger partial charge in [-0.15, -0.1) is 0 Å². The maximum absolute atomic E-state index is 6.79. The third kappa shape index (κ3) is 2.22. The summed E-state index contributed by atoms with van der Waals surface area (Å²) < 4.78 is 11.3. The van der Waals surface area contributed by atoms with Crippen molar-refractivity contribution in [3.63, 3.8) is 0 Å². The van der Waals surface area contributed by atoms with Crippen molar-refractivity contribution in [1.29, 1.82) is 0 Å². The highest BCUT2D eigenvalue weighted by molar-refractivity contribution is 6.19. The van der Waals surface area contributed by atoms with E-state index in [4.69, 9.17) is 4.42 Å². The minimum atomic E-state index is 0.709. The molecule has 2 saturated carbocycles. The molecule has 3 nitrogen and oxygen atoms in total.